The van der Waals surface area contributed by atoms with E-state index in [0.717, 1.165) is 6.26 Å². The van der Waals surface area contributed by atoms with E-state index in [1.165, 1.54) is 0 Å². The first-order valence-corrected chi connectivity index (χ1v) is 6.98. The van der Waals surface area contributed by atoms with Crippen molar-refractivity contribution in [3.63, 3.8) is 0 Å². The Balaban J connectivity index is 2.47. The van der Waals surface area contributed by atoms with E-state index in [9.17, 15) is 13.2 Å². The van der Waals surface area contributed by atoms with Crippen LogP contribution >= 0.6 is 0 Å². The fraction of sp³-hybridized carbons (Fsp3) is 0.500. The van der Waals surface area contributed by atoms with Crippen molar-refractivity contribution in [2.45, 2.75) is 19.4 Å². The van der Waals surface area contributed by atoms with Crippen molar-refractivity contribution >= 4 is 15.6 Å². The highest BCUT2D eigenvalue weighted by Gasteiger charge is 2.12. The summed E-state index contributed by atoms with van der Waals surface area (Å²) in [5.74, 6) is 0.618. The summed E-state index contributed by atoms with van der Waals surface area (Å²) < 4.78 is 26.9. The molecule has 0 aliphatic carbocycles. The van der Waals surface area contributed by atoms with E-state index in [-0.39, 0.29) is 30.3 Å². The average Bonchev–Trinajstić information content (AvgIpc) is 2.63. The van der Waals surface area contributed by atoms with Crippen LogP contribution in [0.15, 0.2) is 16.5 Å². The van der Waals surface area contributed by atoms with Gasteiger partial charge in [0.05, 0.1) is 12.3 Å². The summed E-state index contributed by atoms with van der Waals surface area (Å²) in [4.78, 5) is 11.5. The predicted molar refractivity (Wildman–Crippen MR) is 59.9 cm³/mol. The van der Waals surface area contributed by atoms with E-state index < -0.39 is 9.84 Å². The van der Waals surface area contributed by atoms with E-state index >= 15 is 0 Å². The third-order valence-electron chi connectivity index (χ3n) is 2.06. The third kappa shape index (κ3) is 4.16. The lowest BCUT2D eigenvalue weighted by atomic mass is 10.2. The van der Waals surface area contributed by atoms with E-state index in [0.29, 0.717) is 12.2 Å². The van der Waals surface area contributed by atoms with Crippen LogP contribution in [-0.2, 0) is 16.4 Å². The molecule has 0 unspecified atom stereocenters. The van der Waals surface area contributed by atoms with Gasteiger partial charge >= 0.3 is 0 Å². The molecule has 16 heavy (non-hydrogen) atoms. The molecular formula is C10H15NO4S. The van der Waals surface area contributed by atoms with Gasteiger partial charge in [-0.2, -0.15) is 0 Å². The number of hydrogen-bond acceptors (Lipinski definition) is 5. The lowest BCUT2D eigenvalue weighted by Gasteiger charge is -1.97. The SMILES string of the molecule is CS(=O)(=O)CCCC(=O)c1ccc(CN)o1. The summed E-state index contributed by atoms with van der Waals surface area (Å²) in [5, 5.41) is 0. The van der Waals surface area contributed by atoms with Crippen LogP contribution in [0.5, 0.6) is 0 Å². The molecule has 1 rings (SSSR count). The minimum atomic E-state index is -3.00. The third-order valence-corrected chi connectivity index (χ3v) is 3.09. The summed E-state index contributed by atoms with van der Waals surface area (Å²) in [7, 11) is -3.00. The standard InChI is InChI=1S/C10H15NO4S/c1-16(13,14)6-2-3-9(12)10-5-4-8(7-11)15-10/h4-5H,2-3,6-7,11H2,1H3. The van der Waals surface area contributed by atoms with Crippen LogP contribution in [0, 0.1) is 0 Å². The number of hydrogen-bond donors (Lipinski definition) is 1. The number of sulfone groups is 1. The van der Waals surface area contributed by atoms with Crippen LogP contribution in [0.3, 0.4) is 0 Å². The summed E-state index contributed by atoms with van der Waals surface area (Å²) in [5.41, 5.74) is 5.34. The number of furan rings is 1. The van der Waals surface area contributed by atoms with Crippen molar-refractivity contribution in [1.29, 1.82) is 0 Å². The summed E-state index contributed by atoms with van der Waals surface area (Å²) >= 11 is 0. The summed E-state index contributed by atoms with van der Waals surface area (Å²) in [6.45, 7) is 0.247. The first-order valence-electron chi connectivity index (χ1n) is 4.92. The van der Waals surface area contributed by atoms with Crippen molar-refractivity contribution < 1.29 is 17.6 Å². The number of Topliss-reactive ketones (excluding diaryl/α,β-unsaturated/α-hetero) is 1. The average molecular weight is 245 g/mol. The highest BCUT2D eigenvalue weighted by molar-refractivity contribution is 7.90. The first-order chi connectivity index (χ1) is 7.42. The molecule has 1 aromatic rings. The van der Waals surface area contributed by atoms with Gasteiger partial charge in [-0.15, -0.1) is 0 Å². The number of nitrogens with two attached hydrogens (primary N) is 1. The monoisotopic (exact) mass is 245 g/mol. The molecule has 0 aliphatic rings. The summed E-state index contributed by atoms with van der Waals surface area (Å²) in [6, 6.07) is 3.20. The Morgan fingerprint density at radius 1 is 1.44 bits per heavy atom. The number of rotatable bonds is 6. The van der Waals surface area contributed by atoms with E-state index in [1.807, 2.05) is 0 Å². The Hall–Kier alpha value is -1.14. The van der Waals surface area contributed by atoms with Crippen LogP contribution in [0.25, 0.3) is 0 Å². The number of ketones is 1. The van der Waals surface area contributed by atoms with Crippen LogP contribution in [-0.4, -0.2) is 26.2 Å². The molecule has 0 spiro atoms. The number of carbonyl (C=O) groups is 1. The zero-order valence-electron chi connectivity index (χ0n) is 9.10. The molecule has 0 radical (unpaired) electrons. The van der Waals surface area contributed by atoms with Gasteiger partial charge in [0.2, 0.25) is 0 Å². The fourth-order valence-electron chi connectivity index (χ4n) is 1.26. The highest BCUT2D eigenvalue weighted by atomic mass is 32.2. The molecule has 0 amide bonds. The van der Waals surface area contributed by atoms with Crippen LogP contribution < -0.4 is 5.73 Å². The Kier molecular flexibility index (Phi) is 4.26. The van der Waals surface area contributed by atoms with Gasteiger partial charge < -0.3 is 10.2 Å². The Morgan fingerprint density at radius 3 is 2.62 bits per heavy atom. The molecular weight excluding hydrogens is 230 g/mol. The second-order valence-electron chi connectivity index (χ2n) is 3.63. The van der Waals surface area contributed by atoms with Crippen molar-refractivity contribution in [3.05, 3.63) is 23.7 Å². The van der Waals surface area contributed by atoms with Crippen LogP contribution in [0.4, 0.5) is 0 Å². The molecule has 0 aromatic carbocycles. The smallest absolute Gasteiger partial charge is 0.198 e. The van der Waals surface area contributed by atoms with Gasteiger partial charge in [0.15, 0.2) is 11.5 Å². The molecule has 2 N–H and O–H groups in total. The maximum Gasteiger partial charge on any atom is 0.198 e. The van der Waals surface area contributed by atoms with Gasteiger partial charge in [-0.1, -0.05) is 0 Å². The first kappa shape index (κ1) is 12.9. The van der Waals surface area contributed by atoms with Crippen LogP contribution in [0.2, 0.25) is 0 Å². The molecule has 90 valence electrons. The molecule has 6 heteroatoms. The van der Waals surface area contributed by atoms with Gasteiger partial charge in [0.1, 0.15) is 15.6 Å². The minimum Gasteiger partial charge on any atom is -0.457 e. The number of carbonyl (C=O) groups excluding carboxylic acids is 1. The van der Waals surface area contributed by atoms with Crippen molar-refractivity contribution in [2.75, 3.05) is 12.0 Å². The lowest BCUT2D eigenvalue weighted by molar-refractivity contribution is 0.0953. The van der Waals surface area contributed by atoms with Crippen LogP contribution in [0.1, 0.15) is 29.2 Å². The molecule has 1 heterocycles. The molecule has 5 nitrogen and oxygen atoms in total. The molecule has 0 bridgehead atoms. The van der Waals surface area contributed by atoms with E-state index in [2.05, 4.69) is 0 Å². The zero-order valence-corrected chi connectivity index (χ0v) is 9.92. The molecule has 0 aliphatic heterocycles. The van der Waals surface area contributed by atoms with Gasteiger partial charge in [-0.3, -0.25) is 4.79 Å². The Morgan fingerprint density at radius 2 is 2.12 bits per heavy atom. The Bertz CT molecular complexity index is 461. The normalized spacial score (nSPS) is 11.6. The molecule has 1 aromatic heterocycles. The summed E-state index contributed by atoms with van der Waals surface area (Å²) in [6.07, 6.45) is 1.64. The molecule has 0 fully saturated rings. The topological polar surface area (TPSA) is 90.4 Å². The quantitative estimate of drug-likeness (QED) is 0.747. The largest absolute Gasteiger partial charge is 0.457 e. The van der Waals surface area contributed by atoms with E-state index in [1.54, 1.807) is 12.1 Å². The lowest BCUT2D eigenvalue weighted by Crippen LogP contribution is -2.06. The molecule has 0 atom stereocenters. The maximum atomic E-state index is 11.5. The predicted octanol–water partition coefficient (Wildman–Crippen LogP) is 0.746. The second-order valence-corrected chi connectivity index (χ2v) is 5.89. The van der Waals surface area contributed by atoms with Gasteiger partial charge in [-0.25, -0.2) is 8.42 Å². The minimum absolute atomic E-state index is 0.0171. The fourth-order valence-corrected chi connectivity index (χ4v) is 1.92. The molecule has 0 saturated heterocycles. The second kappa shape index (κ2) is 5.27. The Labute approximate surface area is 94.5 Å². The van der Waals surface area contributed by atoms with Crippen molar-refractivity contribution in [2.24, 2.45) is 5.73 Å². The maximum absolute atomic E-state index is 11.5. The van der Waals surface area contributed by atoms with Gasteiger partial charge in [0, 0.05) is 12.7 Å². The van der Waals surface area contributed by atoms with Crippen molar-refractivity contribution in [1.82, 2.24) is 0 Å². The molecule has 0 saturated carbocycles. The van der Waals surface area contributed by atoms with Gasteiger partial charge in [0.25, 0.3) is 0 Å². The van der Waals surface area contributed by atoms with Crippen molar-refractivity contribution in [3.8, 4) is 0 Å². The van der Waals surface area contributed by atoms with E-state index in [4.69, 9.17) is 10.2 Å². The zero-order chi connectivity index (χ0) is 12.2. The highest BCUT2D eigenvalue weighted by Crippen LogP contribution is 2.11. The van der Waals surface area contributed by atoms with Gasteiger partial charge in [-0.05, 0) is 18.6 Å².